The lowest BCUT2D eigenvalue weighted by Gasteiger charge is -2.41. The Labute approximate surface area is 112 Å². The monoisotopic (exact) mass is 257 g/mol. The number of likely N-dealkylation sites (N-methyl/N-ethyl adjacent to an activating group) is 1. The molecule has 0 aromatic carbocycles. The highest BCUT2D eigenvalue weighted by atomic mass is 16.3. The molecule has 1 heterocycles. The molecule has 2 atom stereocenters. The minimum Gasteiger partial charge on any atom is -0.394 e. The van der Waals surface area contributed by atoms with Crippen LogP contribution in [0.25, 0.3) is 0 Å². The van der Waals surface area contributed by atoms with E-state index in [1.165, 1.54) is 6.42 Å². The summed E-state index contributed by atoms with van der Waals surface area (Å²) in [5.41, 5.74) is -0.159. The average Bonchev–Trinajstić information content (AvgIpc) is 2.39. The molecule has 2 unspecified atom stereocenters. The highest BCUT2D eigenvalue weighted by molar-refractivity contribution is 4.88. The van der Waals surface area contributed by atoms with E-state index in [-0.39, 0.29) is 12.1 Å². The number of nitrogens with zero attached hydrogens (tertiary/aromatic N) is 2. The van der Waals surface area contributed by atoms with E-state index in [0.717, 1.165) is 39.3 Å². The molecule has 0 saturated carbocycles. The predicted octanol–water partition coefficient (Wildman–Crippen LogP) is 0.763. The van der Waals surface area contributed by atoms with Crippen LogP contribution in [0, 0.1) is 0 Å². The lowest BCUT2D eigenvalue weighted by atomic mass is 10.0. The van der Waals surface area contributed by atoms with Gasteiger partial charge in [0.2, 0.25) is 0 Å². The van der Waals surface area contributed by atoms with Gasteiger partial charge < -0.3 is 10.4 Å². The highest BCUT2D eigenvalue weighted by Gasteiger charge is 2.28. The lowest BCUT2D eigenvalue weighted by Crippen LogP contribution is -2.58. The van der Waals surface area contributed by atoms with Gasteiger partial charge >= 0.3 is 0 Å². The predicted molar refractivity (Wildman–Crippen MR) is 76.9 cm³/mol. The van der Waals surface area contributed by atoms with Crippen LogP contribution in [0.4, 0.5) is 0 Å². The van der Waals surface area contributed by atoms with Crippen LogP contribution in [-0.4, -0.2) is 72.4 Å². The molecule has 0 spiro atoms. The van der Waals surface area contributed by atoms with E-state index in [9.17, 15) is 5.11 Å². The van der Waals surface area contributed by atoms with E-state index in [4.69, 9.17) is 0 Å². The first-order valence-corrected chi connectivity index (χ1v) is 7.37. The van der Waals surface area contributed by atoms with Gasteiger partial charge in [-0.25, -0.2) is 0 Å². The Hall–Kier alpha value is -0.160. The minimum absolute atomic E-state index is 0.159. The zero-order valence-corrected chi connectivity index (χ0v) is 12.6. The average molecular weight is 257 g/mol. The Morgan fingerprint density at radius 3 is 2.28 bits per heavy atom. The standard InChI is InChI=1S/C14H31N3O/c1-5-13(3)17-9-7-16(8-10-17)11-14(4,12-18)15-6-2/h13,15,18H,5-12H2,1-4H3. The number of piperazine rings is 1. The third-order valence-electron chi connectivity index (χ3n) is 4.15. The zero-order valence-electron chi connectivity index (χ0n) is 12.6. The van der Waals surface area contributed by atoms with Gasteiger partial charge in [-0.3, -0.25) is 9.80 Å². The van der Waals surface area contributed by atoms with Crippen LogP contribution in [0.3, 0.4) is 0 Å². The van der Waals surface area contributed by atoms with Crippen LogP contribution in [-0.2, 0) is 0 Å². The number of hydrogen-bond acceptors (Lipinski definition) is 4. The molecule has 0 amide bonds. The largest absolute Gasteiger partial charge is 0.394 e. The normalized spacial score (nSPS) is 23.8. The Kier molecular flexibility index (Phi) is 6.57. The molecule has 0 aromatic rings. The first kappa shape index (κ1) is 15.9. The molecule has 0 radical (unpaired) electrons. The van der Waals surface area contributed by atoms with Crippen molar-refractivity contribution in [1.29, 1.82) is 0 Å². The van der Waals surface area contributed by atoms with Crippen LogP contribution in [0.1, 0.15) is 34.1 Å². The Morgan fingerprint density at radius 1 is 1.22 bits per heavy atom. The molecule has 0 bridgehead atoms. The van der Waals surface area contributed by atoms with E-state index in [1.807, 2.05) is 0 Å². The second kappa shape index (κ2) is 7.43. The van der Waals surface area contributed by atoms with Gasteiger partial charge in [-0.2, -0.15) is 0 Å². The van der Waals surface area contributed by atoms with Crippen LogP contribution in [0.2, 0.25) is 0 Å². The summed E-state index contributed by atoms with van der Waals surface area (Å²) < 4.78 is 0. The highest BCUT2D eigenvalue weighted by Crippen LogP contribution is 2.12. The molecular formula is C14H31N3O. The van der Waals surface area contributed by atoms with Crippen molar-refractivity contribution in [3.05, 3.63) is 0 Å². The molecule has 1 saturated heterocycles. The van der Waals surface area contributed by atoms with Crippen LogP contribution in [0.15, 0.2) is 0 Å². The molecular weight excluding hydrogens is 226 g/mol. The van der Waals surface area contributed by atoms with Crippen molar-refractivity contribution in [1.82, 2.24) is 15.1 Å². The smallest absolute Gasteiger partial charge is 0.0623 e. The summed E-state index contributed by atoms with van der Waals surface area (Å²) in [6.45, 7) is 15.4. The number of rotatable bonds is 7. The fraction of sp³-hybridized carbons (Fsp3) is 1.00. The number of aliphatic hydroxyl groups is 1. The summed E-state index contributed by atoms with van der Waals surface area (Å²) in [6.07, 6.45) is 1.23. The van der Waals surface area contributed by atoms with Gasteiger partial charge in [0.05, 0.1) is 12.1 Å². The van der Waals surface area contributed by atoms with Crippen molar-refractivity contribution in [2.24, 2.45) is 0 Å². The number of aliphatic hydroxyl groups excluding tert-OH is 1. The summed E-state index contributed by atoms with van der Waals surface area (Å²) in [5.74, 6) is 0. The Morgan fingerprint density at radius 2 is 1.83 bits per heavy atom. The molecule has 108 valence electrons. The first-order valence-electron chi connectivity index (χ1n) is 7.37. The molecule has 4 heteroatoms. The van der Waals surface area contributed by atoms with Crippen molar-refractivity contribution >= 4 is 0 Å². The Balaban J connectivity index is 2.38. The maximum Gasteiger partial charge on any atom is 0.0623 e. The van der Waals surface area contributed by atoms with Crippen LogP contribution in [0.5, 0.6) is 0 Å². The van der Waals surface area contributed by atoms with Crippen molar-refractivity contribution in [3.8, 4) is 0 Å². The maximum atomic E-state index is 9.53. The van der Waals surface area contributed by atoms with E-state index < -0.39 is 0 Å². The van der Waals surface area contributed by atoms with Crippen LogP contribution < -0.4 is 5.32 Å². The van der Waals surface area contributed by atoms with Gasteiger partial charge in [-0.05, 0) is 26.8 Å². The van der Waals surface area contributed by atoms with Crippen molar-refractivity contribution in [3.63, 3.8) is 0 Å². The summed E-state index contributed by atoms with van der Waals surface area (Å²) in [5, 5.41) is 12.9. The van der Waals surface area contributed by atoms with Gasteiger partial charge in [-0.1, -0.05) is 13.8 Å². The van der Waals surface area contributed by atoms with Gasteiger partial charge in [0, 0.05) is 38.8 Å². The van der Waals surface area contributed by atoms with Gasteiger partial charge in [0.1, 0.15) is 0 Å². The summed E-state index contributed by atoms with van der Waals surface area (Å²) >= 11 is 0. The van der Waals surface area contributed by atoms with Crippen molar-refractivity contribution in [2.45, 2.75) is 45.7 Å². The molecule has 1 aliphatic heterocycles. The fourth-order valence-corrected chi connectivity index (χ4v) is 2.70. The van der Waals surface area contributed by atoms with Gasteiger partial charge in [0.25, 0.3) is 0 Å². The molecule has 4 nitrogen and oxygen atoms in total. The third kappa shape index (κ3) is 4.50. The molecule has 0 aliphatic carbocycles. The molecule has 1 aliphatic rings. The molecule has 2 N–H and O–H groups in total. The topological polar surface area (TPSA) is 38.7 Å². The van der Waals surface area contributed by atoms with E-state index in [0.29, 0.717) is 6.04 Å². The number of nitrogens with one attached hydrogen (secondary N) is 1. The number of hydrogen-bond donors (Lipinski definition) is 2. The Bertz CT molecular complexity index is 229. The zero-order chi connectivity index (χ0) is 13.6. The molecule has 18 heavy (non-hydrogen) atoms. The van der Waals surface area contributed by atoms with E-state index in [2.05, 4.69) is 42.8 Å². The lowest BCUT2D eigenvalue weighted by molar-refractivity contribution is 0.0640. The quantitative estimate of drug-likeness (QED) is 0.706. The van der Waals surface area contributed by atoms with E-state index >= 15 is 0 Å². The fourth-order valence-electron chi connectivity index (χ4n) is 2.70. The van der Waals surface area contributed by atoms with Crippen molar-refractivity contribution < 1.29 is 5.11 Å². The summed E-state index contributed by atoms with van der Waals surface area (Å²) in [6, 6.07) is 0.699. The minimum atomic E-state index is -0.159. The SMILES string of the molecule is CCNC(C)(CO)CN1CCN(C(C)CC)CC1. The third-order valence-corrected chi connectivity index (χ3v) is 4.15. The van der Waals surface area contributed by atoms with Gasteiger partial charge in [-0.15, -0.1) is 0 Å². The molecule has 0 aromatic heterocycles. The van der Waals surface area contributed by atoms with Gasteiger partial charge in [0.15, 0.2) is 0 Å². The molecule has 1 rings (SSSR count). The second-order valence-corrected chi connectivity index (χ2v) is 5.82. The summed E-state index contributed by atoms with van der Waals surface area (Å²) in [7, 11) is 0. The first-order chi connectivity index (χ1) is 8.54. The molecule has 1 fully saturated rings. The summed E-state index contributed by atoms with van der Waals surface area (Å²) in [4.78, 5) is 5.04. The van der Waals surface area contributed by atoms with Crippen LogP contribution >= 0.6 is 0 Å². The maximum absolute atomic E-state index is 9.53. The van der Waals surface area contributed by atoms with E-state index in [1.54, 1.807) is 0 Å². The second-order valence-electron chi connectivity index (χ2n) is 5.82. The van der Waals surface area contributed by atoms with Crippen molar-refractivity contribution in [2.75, 3.05) is 45.9 Å².